The maximum atomic E-state index is 10.7. The molecule has 0 fully saturated rings. The third kappa shape index (κ3) is 3.79. The van der Waals surface area contributed by atoms with Gasteiger partial charge in [-0.1, -0.05) is 54.6 Å². The molecule has 0 bridgehead atoms. The van der Waals surface area contributed by atoms with E-state index in [1.807, 2.05) is 18.2 Å². The molecule has 0 saturated heterocycles. The van der Waals surface area contributed by atoms with Crippen molar-refractivity contribution in [2.45, 2.75) is 23.8 Å². The van der Waals surface area contributed by atoms with Crippen molar-refractivity contribution in [3.05, 3.63) is 90.0 Å². The van der Waals surface area contributed by atoms with E-state index in [4.69, 9.17) is 0 Å². The molecule has 0 radical (unpaired) electrons. The Bertz CT molecular complexity index is 817. The second kappa shape index (κ2) is 7.98. The van der Waals surface area contributed by atoms with Gasteiger partial charge in [0.2, 0.25) is 0 Å². The molecule has 1 aliphatic heterocycles. The predicted molar refractivity (Wildman–Crippen MR) is 110 cm³/mol. The summed E-state index contributed by atoms with van der Waals surface area (Å²) in [6, 6.07) is 27.4. The van der Waals surface area contributed by atoms with Gasteiger partial charge in [-0.15, -0.1) is 11.8 Å². The van der Waals surface area contributed by atoms with Gasteiger partial charge in [-0.25, -0.2) is 0 Å². The van der Waals surface area contributed by atoms with Gasteiger partial charge in [-0.05, 0) is 48.2 Å². The molecule has 3 aromatic carbocycles. The average Bonchev–Trinajstić information content (AvgIpc) is 2.85. The van der Waals surface area contributed by atoms with Crippen molar-refractivity contribution in [1.29, 1.82) is 0 Å². The van der Waals surface area contributed by atoms with Gasteiger partial charge in [0.25, 0.3) is 0 Å². The highest BCUT2D eigenvalue weighted by molar-refractivity contribution is 7.99. The summed E-state index contributed by atoms with van der Waals surface area (Å²) >= 11 is 1.71. The Balaban J connectivity index is 1.56. The molecule has 0 spiro atoms. The Morgan fingerprint density at radius 3 is 1.92 bits per heavy atom. The van der Waals surface area contributed by atoms with E-state index in [1.165, 1.54) is 27.4 Å². The topological polar surface area (TPSA) is 23.5 Å². The number of aliphatic hydroxyl groups excluding tert-OH is 1. The number of hydrogen-bond acceptors (Lipinski definition) is 3. The SMILES string of the molecule is OC(CSc1ccccc1)CN1c2ccccc2CCc2ccccc21. The molecule has 1 N–H and O–H groups in total. The van der Waals surface area contributed by atoms with Crippen LogP contribution >= 0.6 is 11.8 Å². The average molecular weight is 362 g/mol. The maximum absolute atomic E-state index is 10.7. The minimum atomic E-state index is -0.403. The summed E-state index contributed by atoms with van der Waals surface area (Å²) in [6.45, 7) is 0.605. The number of rotatable bonds is 5. The molecular weight excluding hydrogens is 338 g/mol. The van der Waals surface area contributed by atoms with Crippen LogP contribution in [0.4, 0.5) is 11.4 Å². The van der Waals surface area contributed by atoms with Crippen LogP contribution in [0.15, 0.2) is 83.8 Å². The number of aryl methyl sites for hydroxylation is 2. The lowest BCUT2D eigenvalue weighted by atomic mass is 10.0. The van der Waals surface area contributed by atoms with E-state index in [-0.39, 0.29) is 0 Å². The van der Waals surface area contributed by atoms with Crippen LogP contribution in [0.5, 0.6) is 0 Å². The van der Waals surface area contributed by atoms with Crippen molar-refractivity contribution < 1.29 is 5.11 Å². The van der Waals surface area contributed by atoms with Crippen LogP contribution in [-0.4, -0.2) is 23.5 Å². The van der Waals surface area contributed by atoms with E-state index in [0.717, 1.165) is 12.8 Å². The molecule has 0 amide bonds. The third-order valence-electron chi connectivity index (χ3n) is 4.81. The highest BCUT2D eigenvalue weighted by atomic mass is 32.2. The van der Waals surface area contributed by atoms with Gasteiger partial charge in [-0.3, -0.25) is 0 Å². The molecule has 132 valence electrons. The van der Waals surface area contributed by atoms with Gasteiger partial charge >= 0.3 is 0 Å². The summed E-state index contributed by atoms with van der Waals surface area (Å²) < 4.78 is 0. The van der Waals surface area contributed by atoms with Crippen molar-refractivity contribution >= 4 is 23.1 Å². The van der Waals surface area contributed by atoms with Crippen LogP contribution in [0, 0.1) is 0 Å². The summed E-state index contributed by atoms with van der Waals surface area (Å²) in [5, 5.41) is 10.7. The quantitative estimate of drug-likeness (QED) is 0.641. The molecule has 2 nitrogen and oxygen atoms in total. The standard InChI is InChI=1S/C23H23NOS/c25-20(17-26-21-10-2-1-3-11-21)16-24-22-12-6-4-8-18(22)14-15-19-9-5-7-13-23(19)24/h1-13,20,25H,14-17H2. The van der Waals surface area contributed by atoms with Gasteiger partial charge in [0, 0.05) is 28.6 Å². The fourth-order valence-corrected chi connectivity index (χ4v) is 4.38. The van der Waals surface area contributed by atoms with Crippen molar-refractivity contribution in [3.63, 3.8) is 0 Å². The molecule has 0 aromatic heterocycles. The number of nitrogens with zero attached hydrogens (tertiary/aromatic N) is 1. The van der Waals surface area contributed by atoms with Crippen molar-refractivity contribution in [1.82, 2.24) is 0 Å². The highest BCUT2D eigenvalue weighted by Crippen LogP contribution is 2.36. The fourth-order valence-electron chi connectivity index (χ4n) is 3.54. The van der Waals surface area contributed by atoms with E-state index in [9.17, 15) is 5.11 Å². The molecule has 1 unspecified atom stereocenters. The molecule has 1 atom stereocenters. The van der Waals surface area contributed by atoms with Gasteiger partial charge in [0.05, 0.1) is 6.10 Å². The molecule has 0 aliphatic carbocycles. The van der Waals surface area contributed by atoms with E-state index in [0.29, 0.717) is 12.3 Å². The monoisotopic (exact) mass is 361 g/mol. The maximum Gasteiger partial charge on any atom is 0.0813 e. The third-order valence-corrected chi connectivity index (χ3v) is 5.96. The van der Waals surface area contributed by atoms with Gasteiger partial charge in [-0.2, -0.15) is 0 Å². The van der Waals surface area contributed by atoms with E-state index < -0.39 is 6.10 Å². The van der Waals surface area contributed by atoms with E-state index >= 15 is 0 Å². The summed E-state index contributed by atoms with van der Waals surface area (Å²) in [5.74, 6) is 0.685. The number of fused-ring (bicyclic) bond motifs is 2. The van der Waals surface area contributed by atoms with Crippen LogP contribution < -0.4 is 4.90 Å². The van der Waals surface area contributed by atoms with Gasteiger partial charge < -0.3 is 10.0 Å². The zero-order valence-corrected chi connectivity index (χ0v) is 15.5. The molecular formula is C23H23NOS. The van der Waals surface area contributed by atoms with Crippen LogP contribution in [0.2, 0.25) is 0 Å². The molecule has 1 heterocycles. The van der Waals surface area contributed by atoms with E-state index in [1.54, 1.807) is 11.8 Å². The number of aliphatic hydroxyl groups is 1. The Kier molecular flexibility index (Phi) is 5.28. The normalized spacial score (nSPS) is 14.3. The van der Waals surface area contributed by atoms with Crippen LogP contribution in [0.1, 0.15) is 11.1 Å². The zero-order valence-electron chi connectivity index (χ0n) is 14.7. The minimum Gasteiger partial charge on any atom is -0.390 e. The van der Waals surface area contributed by atoms with E-state index in [2.05, 4.69) is 65.6 Å². The number of benzene rings is 3. The Hall–Kier alpha value is -2.23. The predicted octanol–water partition coefficient (Wildman–Crippen LogP) is 5.08. The second-order valence-corrected chi connectivity index (χ2v) is 7.74. The molecule has 4 rings (SSSR count). The first kappa shape index (κ1) is 17.2. The van der Waals surface area contributed by atoms with Gasteiger partial charge in [0.1, 0.15) is 0 Å². The fraction of sp³-hybridized carbons (Fsp3) is 0.217. The van der Waals surface area contributed by atoms with Crippen LogP contribution in [0.25, 0.3) is 0 Å². The summed E-state index contributed by atoms with van der Waals surface area (Å²) in [5.41, 5.74) is 5.15. The highest BCUT2D eigenvalue weighted by Gasteiger charge is 2.22. The van der Waals surface area contributed by atoms with Crippen molar-refractivity contribution in [2.24, 2.45) is 0 Å². The number of hydrogen-bond donors (Lipinski definition) is 1. The molecule has 1 aliphatic rings. The number of anilines is 2. The minimum absolute atomic E-state index is 0.403. The Morgan fingerprint density at radius 1 is 0.769 bits per heavy atom. The van der Waals surface area contributed by atoms with Crippen molar-refractivity contribution in [2.75, 3.05) is 17.2 Å². The molecule has 3 heteroatoms. The summed E-state index contributed by atoms with van der Waals surface area (Å²) in [6.07, 6.45) is 1.68. The largest absolute Gasteiger partial charge is 0.390 e. The summed E-state index contributed by atoms with van der Waals surface area (Å²) in [7, 11) is 0. The first-order valence-corrected chi connectivity index (χ1v) is 10.1. The molecule has 26 heavy (non-hydrogen) atoms. The lowest BCUT2D eigenvalue weighted by Crippen LogP contribution is -2.30. The number of thioether (sulfide) groups is 1. The zero-order chi connectivity index (χ0) is 17.8. The lowest BCUT2D eigenvalue weighted by molar-refractivity contribution is 0.207. The Labute approximate surface area is 159 Å². The molecule has 0 saturated carbocycles. The first-order valence-electron chi connectivity index (χ1n) is 9.10. The summed E-state index contributed by atoms with van der Waals surface area (Å²) in [4.78, 5) is 3.50. The first-order chi connectivity index (χ1) is 12.8. The smallest absolute Gasteiger partial charge is 0.0813 e. The second-order valence-electron chi connectivity index (χ2n) is 6.65. The Morgan fingerprint density at radius 2 is 1.31 bits per heavy atom. The van der Waals surface area contributed by atoms with Crippen molar-refractivity contribution in [3.8, 4) is 0 Å². The number of para-hydroxylation sites is 2. The van der Waals surface area contributed by atoms with Crippen LogP contribution in [0.3, 0.4) is 0 Å². The van der Waals surface area contributed by atoms with Gasteiger partial charge in [0.15, 0.2) is 0 Å². The van der Waals surface area contributed by atoms with Crippen LogP contribution in [-0.2, 0) is 12.8 Å². The lowest BCUT2D eigenvalue weighted by Gasteiger charge is -2.29. The molecule has 3 aromatic rings. The number of β-amino-alcohol motifs (C(OH)–C–C–N with tert-alkyl or cyclic N) is 1.